The summed E-state index contributed by atoms with van der Waals surface area (Å²) in [5.74, 6) is 0. The molecule has 0 atom stereocenters. The fourth-order valence-electron chi connectivity index (χ4n) is 1.35. The van der Waals surface area contributed by atoms with E-state index in [1.54, 1.807) is 0 Å². The number of rotatable bonds is 12. The maximum Gasteiger partial charge on any atom is 0.0703 e. The van der Waals surface area contributed by atoms with Crippen LogP contribution in [0.1, 0.15) is 47.5 Å². The molecule has 0 saturated heterocycles. The van der Waals surface area contributed by atoms with Gasteiger partial charge in [-0.2, -0.15) is 0 Å². The normalized spacial score (nSPS) is 12.3. The van der Waals surface area contributed by atoms with Gasteiger partial charge in [-0.25, -0.2) is 0 Å². The van der Waals surface area contributed by atoms with E-state index in [2.05, 4.69) is 20.8 Å². The Bertz CT molecular complexity index is 187. The second-order valence-corrected chi connectivity index (χ2v) is 5.81. The van der Waals surface area contributed by atoms with Crippen molar-refractivity contribution in [3.63, 3.8) is 0 Å². The zero-order valence-electron chi connectivity index (χ0n) is 13.4. The molecule has 0 heterocycles. The summed E-state index contributed by atoms with van der Waals surface area (Å²) in [5, 5.41) is 0. The van der Waals surface area contributed by atoms with E-state index >= 15 is 0 Å². The molecule has 0 aliphatic carbocycles. The van der Waals surface area contributed by atoms with Crippen LogP contribution in [0.3, 0.4) is 0 Å². The molecule has 0 aromatic heterocycles. The van der Waals surface area contributed by atoms with Gasteiger partial charge >= 0.3 is 0 Å². The van der Waals surface area contributed by atoms with Crippen LogP contribution in [0, 0.1) is 0 Å². The monoisotopic (exact) mass is 276 g/mol. The molecule has 0 fully saturated rings. The topological polar surface area (TPSA) is 36.9 Å². The number of hydrogen-bond acceptors (Lipinski definition) is 4. The third-order valence-electron chi connectivity index (χ3n) is 2.27. The highest BCUT2D eigenvalue weighted by molar-refractivity contribution is 4.58. The van der Waals surface area contributed by atoms with E-state index in [9.17, 15) is 0 Å². The molecule has 0 bridgehead atoms. The average Bonchev–Trinajstić information content (AvgIpc) is 2.28. The smallest absolute Gasteiger partial charge is 0.0703 e. The first kappa shape index (κ1) is 18.8. The third-order valence-corrected chi connectivity index (χ3v) is 2.27. The minimum atomic E-state index is -0.0350. The Morgan fingerprint density at radius 1 is 0.737 bits per heavy atom. The molecule has 0 aromatic carbocycles. The molecular weight excluding hydrogens is 244 g/mol. The molecule has 0 N–H and O–H groups in total. The van der Waals surface area contributed by atoms with Crippen molar-refractivity contribution in [1.82, 2.24) is 0 Å². The molecule has 4 nitrogen and oxygen atoms in total. The van der Waals surface area contributed by atoms with Gasteiger partial charge < -0.3 is 18.9 Å². The standard InChI is InChI=1S/C15H32O4/c1-14(2)18-13-12-17-11-10-16-8-6-7-9-19-15(3,4)5/h14H,6-13H2,1-5H3. The van der Waals surface area contributed by atoms with E-state index in [1.807, 2.05) is 13.8 Å². The van der Waals surface area contributed by atoms with E-state index in [0.29, 0.717) is 26.4 Å². The SMILES string of the molecule is CC(C)OCCOCCOCCCCOC(C)(C)C. The van der Waals surface area contributed by atoms with Crippen LogP contribution in [-0.2, 0) is 18.9 Å². The maximum atomic E-state index is 5.63. The fourth-order valence-corrected chi connectivity index (χ4v) is 1.35. The molecule has 19 heavy (non-hydrogen) atoms. The van der Waals surface area contributed by atoms with E-state index < -0.39 is 0 Å². The van der Waals surface area contributed by atoms with Crippen LogP contribution in [-0.4, -0.2) is 51.3 Å². The highest BCUT2D eigenvalue weighted by Crippen LogP contribution is 2.07. The Labute approximate surface area is 118 Å². The Hall–Kier alpha value is -0.160. The van der Waals surface area contributed by atoms with Crippen LogP contribution < -0.4 is 0 Å². The zero-order valence-corrected chi connectivity index (χ0v) is 13.4. The lowest BCUT2D eigenvalue weighted by Gasteiger charge is -2.19. The summed E-state index contributed by atoms with van der Waals surface area (Å²) in [7, 11) is 0. The van der Waals surface area contributed by atoms with Crippen molar-refractivity contribution < 1.29 is 18.9 Å². The van der Waals surface area contributed by atoms with Gasteiger partial charge in [-0.1, -0.05) is 0 Å². The lowest BCUT2D eigenvalue weighted by atomic mass is 10.2. The lowest BCUT2D eigenvalue weighted by molar-refractivity contribution is -0.0131. The van der Waals surface area contributed by atoms with Crippen molar-refractivity contribution in [2.75, 3.05) is 39.6 Å². The molecule has 0 rings (SSSR count). The predicted molar refractivity (Wildman–Crippen MR) is 77.7 cm³/mol. The van der Waals surface area contributed by atoms with Gasteiger partial charge in [-0.15, -0.1) is 0 Å². The highest BCUT2D eigenvalue weighted by Gasteiger charge is 2.08. The summed E-state index contributed by atoms with van der Waals surface area (Å²) in [6.45, 7) is 14.4. The zero-order chi connectivity index (χ0) is 14.6. The largest absolute Gasteiger partial charge is 0.379 e. The minimum Gasteiger partial charge on any atom is -0.379 e. The second-order valence-electron chi connectivity index (χ2n) is 5.81. The van der Waals surface area contributed by atoms with Crippen molar-refractivity contribution in [1.29, 1.82) is 0 Å². The van der Waals surface area contributed by atoms with Crippen LogP contribution in [0.25, 0.3) is 0 Å². The van der Waals surface area contributed by atoms with Gasteiger partial charge in [0.2, 0.25) is 0 Å². The second kappa shape index (κ2) is 11.6. The van der Waals surface area contributed by atoms with Crippen LogP contribution in [0.2, 0.25) is 0 Å². The van der Waals surface area contributed by atoms with E-state index in [-0.39, 0.29) is 11.7 Å². The molecule has 0 spiro atoms. The van der Waals surface area contributed by atoms with Crippen molar-refractivity contribution in [2.45, 2.75) is 59.2 Å². The Morgan fingerprint density at radius 3 is 1.84 bits per heavy atom. The molecule has 4 heteroatoms. The van der Waals surface area contributed by atoms with E-state index in [4.69, 9.17) is 18.9 Å². The third kappa shape index (κ3) is 17.8. The fraction of sp³-hybridized carbons (Fsp3) is 1.00. The predicted octanol–water partition coefficient (Wildman–Crippen LogP) is 3.04. The van der Waals surface area contributed by atoms with Gasteiger partial charge in [0.25, 0.3) is 0 Å². The van der Waals surface area contributed by atoms with Gasteiger partial charge in [0, 0.05) is 13.2 Å². The van der Waals surface area contributed by atoms with Gasteiger partial charge in [-0.05, 0) is 47.5 Å². The quantitative estimate of drug-likeness (QED) is 0.513. The first-order valence-corrected chi connectivity index (χ1v) is 7.33. The van der Waals surface area contributed by atoms with Crippen molar-refractivity contribution in [3.05, 3.63) is 0 Å². The van der Waals surface area contributed by atoms with Crippen LogP contribution >= 0.6 is 0 Å². The minimum absolute atomic E-state index is 0.0350. The molecule has 0 saturated carbocycles. The van der Waals surface area contributed by atoms with Crippen molar-refractivity contribution in [3.8, 4) is 0 Å². The molecule has 0 aliphatic rings. The molecule has 0 aliphatic heterocycles. The Balaban J connectivity index is 3.03. The van der Waals surface area contributed by atoms with Gasteiger partial charge in [-0.3, -0.25) is 0 Å². The highest BCUT2D eigenvalue weighted by atomic mass is 16.5. The summed E-state index contributed by atoms with van der Waals surface area (Å²) in [6.07, 6.45) is 2.35. The molecule has 0 aromatic rings. The first-order valence-electron chi connectivity index (χ1n) is 7.33. The van der Waals surface area contributed by atoms with Crippen LogP contribution in [0.5, 0.6) is 0 Å². The molecule has 0 unspecified atom stereocenters. The number of hydrogen-bond donors (Lipinski definition) is 0. The van der Waals surface area contributed by atoms with Gasteiger partial charge in [0.1, 0.15) is 0 Å². The Kier molecular flexibility index (Phi) is 11.6. The molecule has 0 amide bonds. The number of unbranched alkanes of at least 4 members (excludes halogenated alkanes) is 1. The summed E-state index contributed by atoms with van der Waals surface area (Å²) in [6, 6.07) is 0. The molecule has 0 radical (unpaired) electrons. The van der Waals surface area contributed by atoms with Gasteiger partial charge in [0.15, 0.2) is 0 Å². The maximum absolute atomic E-state index is 5.63. The van der Waals surface area contributed by atoms with E-state index in [1.165, 1.54) is 0 Å². The average molecular weight is 276 g/mol. The molecule has 116 valence electrons. The van der Waals surface area contributed by atoms with Crippen molar-refractivity contribution in [2.24, 2.45) is 0 Å². The summed E-state index contributed by atoms with van der Waals surface area (Å²) in [4.78, 5) is 0. The first-order chi connectivity index (χ1) is 8.92. The van der Waals surface area contributed by atoms with Crippen LogP contribution in [0.15, 0.2) is 0 Å². The summed E-state index contributed by atoms with van der Waals surface area (Å²) >= 11 is 0. The Morgan fingerprint density at radius 2 is 1.26 bits per heavy atom. The number of ether oxygens (including phenoxy) is 4. The molecular formula is C15H32O4. The van der Waals surface area contributed by atoms with Crippen molar-refractivity contribution >= 4 is 0 Å². The summed E-state index contributed by atoms with van der Waals surface area (Å²) < 4.78 is 21.8. The summed E-state index contributed by atoms with van der Waals surface area (Å²) in [5.41, 5.74) is -0.0350. The van der Waals surface area contributed by atoms with E-state index in [0.717, 1.165) is 26.1 Å². The van der Waals surface area contributed by atoms with Gasteiger partial charge in [0.05, 0.1) is 38.1 Å². The van der Waals surface area contributed by atoms with Crippen LogP contribution in [0.4, 0.5) is 0 Å². The lowest BCUT2D eigenvalue weighted by Crippen LogP contribution is -2.19.